The summed E-state index contributed by atoms with van der Waals surface area (Å²) >= 11 is 0. The fourth-order valence-corrected chi connectivity index (χ4v) is 1.65. The van der Waals surface area contributed by atoms with Gasteiger partial charge in [0.05, 0.1) is 0 Å². The van der Waals surface area contributed by atoms with Gasteiger partial charge in [0.2, 0.25) is 0 Å². The Hall–Kier alpha value is 0.250. The zero-order valence-electron chi connectivity index (χ0n) is 10.8. The second kappa shape index (κ2) is 14.2. The van der Waals surface area contributed by atoms with Crippen LogP contribution in [0.5, 0.6) is 0 Å². The van der Waals surface area contributed by atoms with Crippen molar-refractivity contribution in [1.29, 1.82) is 0 Å². The number of hydrogen-bond donors (Lipinski definition) is 1. The van der Waals surface area contributed by atoms with Gasteiger partial charge in [0.15, 0.2) is 0 Å². The van der Waals surface area contributed by atoms with Crippen LogP contribution in [0.2, 0.25) is 0 Å². The third-order valence-corrected chi connectivity index (χ3v) is 2.58. The van der Waals surface area contributed by atoms with Gasteiger partial charge in [-0.05, 0) is 13.0 Å². The molecule has 0 saturated carbocycles. The molecule has 0 bridgehead atoms. The van der Waals surface area contributed by atoms with Crippen molar-refractivity contribution < 1.29 is 0 Å². The molecule has 0 aromatic carbocycles. The minimum absolute atomic E-state index is 0. The van der Waals surface area contributed by atoms with E-state index in [1.165, 1.54) is 57.9 Å². The van der Waals surface area contributed by atoms with Crippen LogP contribution in [0.15, 0.2) is 0 Å². The first kappa shape index (κ1) is 17.6. The molecule has 0 spiro atoms. The van der Waals surface area contributed by atoms with Crippen LogP contribution in [0.4, 0.5) is 0 Å². The minimum Gasteiger partial charge on any atom is -0.315 e. The maximum absolute atomic E-state index is 3.46. The van der Waals surface area contributed by atoms with Crippen molar-refractivity contribution in [2.75, 3.05) is 6.54 Å². The smallest absolute Gasteiger partial charge is 0.00103 e. The summed E-state index contributed by atoms with van der Waals surface area (Å²) in [6, 6.07) is 0.652. The third-order valence-electron chi connectivity index (χ3n) is 2.58. The van der Waals surface area contributed by atoms with E-state index in [-0.39, 0.29) is 12.4 Å². The van der Waals surface area contributed by atoms with Crippen LogP contribution in [0, 0.1) is 0 Å². The zero-order chi connectivity index (χ0) is 10.6. The lowest BCUT2D eigenvalue weighted by Gasteiger charge is -2.07. The lowest BCUT2D eigenvalue weighted by atomic mass is 10.1. The van der Waals surface area contributed by atoms with E-state index in [0.717, 1.165) is 0 Å². The van der Waals surface area contributed by atoms with Crippen molar-refractivity contribution >= 4 is 12.4 Å². The predicted molar refractivity (Wildman–Crippen MR) is 73.0 cm³/mol. The predicted octanol–water partition coefficient (Wildman–Crippen LogP) is 4.55. The normalized spacial score (nSPS) is 10.4. The summed E-state index contributed by atoms with van der Waals surface area (Å²) < 4.78 is 0. The molecular formula is C13H30ClN. The molecule has 0 heterocycles. The molecule has 0 aromatic heterocycles. The van der Waals surface area contributed by atoms with E-state index in [2.05, 4.69) is 26.1 Å². The summed E-state index contributed by atoms with van der Waals surface area (Å²) in [6.45, 7) is 7.90. The first-order valence-electron chi connectivity index (χ1n) is 6.50. The van der Waals surface area contributed by atoms with Crippen LogP contribution < -0.4 is 5.32 Å². The van der Waals surface area contributed by atoms with E-state index in [1.807, 2.05) is 0 Å². The maximum Gasteiger partial charge on any atom is 0.00103 e. The summed E-state index contributed by atoms with van der Waals surface area (Å²) in [7, 11) is 0. The molecule has 0 fully saturated rings. The molecule has 2 heteroatoms. The summed E-state index contributed by atoms with van der Waals surface area (Å²) in [5.41, 5.74) is 0. The van der Waals surface area contributed by atoms with E-state index in [9.17, 15) is 0 Å². The largest absolute Gasteiger partial charge is 0.315 e. The van der Waals surface area contributed by atoms with Gasteiger partial charge >= 0.3 is 0 Å². The van der Waals surface area contributed by atoms with Crippen LogP contribution in [0.25, 0.3) is 0 Å². The molecular weight excluding hydrogens is 206 g/mol. The summed E-state index contributed by atoms with van der Waals surface area (Å²) in [4.78, 5) is 0. The lowest BCUT2D eigenvalue weighted by Crippen LogP contribution is -2.23. The molecule has 15 heavy (non-hydrogen) atoms. The Balaban J connectivity index is 0. The van der Waals surface area contributed by atoms with Crippen molar-refractivity contribution in [2.24, 2.45) is 0 Å². The van der Waals surface area contributed by atoms with Gasteiger partial charge in [0.1, 0.15) is 0 Å². The highest BCUT2D eigenvalue weighted by atomic mass is 35.5. The van der Waals surface area contributed by atoms with Crippen LogP contribution in [0.3, 0.4) is 0 Å². The monoisotopic (exact) mass is 235 g/mol. The Kier molecular flexibility index (Phi) is 16.8. The molecule has 0 radical (unpaired) electrons. The molecule has 0 aromatic rings. The van der Waals surface area contributed by atoms with Gasteiger partial charge in [-0.25, -0.2) is 0 Å². The Morgan fingerprint density at radius 3 is 1.73 bits per heavy atom. The van der Waals surface area contributed by atoms with Crippen molar-refractivity contribution in [2.45, 2.75) is 78.2 Å². The zero-order valence-corrected chi connectivity index (χ0v) is 11.7. The Morgan fingerprint density at radius 2 is 1.27 bits per heavy atom. The number of hydrogen-bond acceptors (Lipinski definition) is 1. The Morgan fingerprint density at radius 1 is 0.800 bits per heavy atom. The molecule has 0 rings (SSSR count). The first-order valence-corrected chi connectivity index (χ1v) is 6.50. The fraction of sp³-hybridized carbons (Fsp3) is 1.00. The van der Waals surface area contributed by atoms with Gasteiger partial charge in [-0.1, -0.05) is 65.7 Å². The molecule has 1 N–H and O–H groups in total. The summed E-state index contributed by atoms with van der Waals surface area (Å²) in [5.74, 6) is 0. The van der Waals surface area contributed by atoms with Crippen LogP contribution in [0.1, 0.15) is 72.1 Å². The molecule has 0 aliphatic heterocycles. The Labute approximate surface area is 103 Å². The molecule has 1 nitrogen and oxygen atoms in total. The topological polar surface area (TPSA) is 12.0 Å². The van der Waals surface area contributed by atoms with Crippen LogP contribution in [-0.2, 0) is 0 Å². The van der Waals surface area contributed by atoms with Gasteiger partial charge in [-0.2, -0.15) is 0 Å². The summed E-state index contributed by atoms with van der Waals surface area (Å²) in [5, 5.41) is 3.46. The Bertz CT molecular complexity index is 105. The third kappa shape index (κ3) is 16.9. The summed E-state index contributed by atoms with van der Waals surface area (Å²) in [6.07, 6.45) is 11.3. The van der Waals surface area contributed by atoms with Gasteiger partial charge in [-0.3, -0.25) is 0 Å². The highest BCUT2D eigenvalue weighted by Gasteiger charge is 1.93. The lowest BCUT2D eigenvalue weighted by molar-refractivity contribution is 0.528. The minimum atomic E-state index is 0. The quantitative estimate of drug-likeness (QED) is 0.548. The van der Waals surface area contributed by atoms with E-state index in [0.29, 0.717) is 6.04 Å². The average Bonchev–Trinajstić information content (AvgIpc) is 2.15. The van der Waals surface area contributed by atoms with Crippen molar-refractivity contribution in [3.63, 3.8) is 0 Å². The second-order valence-electron chi connectivity index (χ2n) is 4.58. The molecule has 0 atom stereocenters. The molecule has 94 valence electrons. The van der Waals surface area contributed by atoms with Gasteiger partial charge in [0.25, 0.3) is 0 Å². The van der Waals surface area contributed by atoms with Gasteiger partial charge in [-0.15, -0.1) is 12.4 Å². The molecule has 0 unspecified atom stereocenters. The number of nitrogens with one attached hydrogen (secondary N) is 1. The van der Waals surface area contributed by atoms with Crippen molar-refractivity contribution in [3.8, 4) is 0 Å². The number of rotatable bonds is 10. The average molecular weight is 236 g/mol. The number of halogens is 1. The van der Waals surface area contributed by atoms with Gasteiger partial charge in [0, 0.05) is 6.04 Å². The van der Waals surface area contributed by atoms with E-state index >= 15 is 0 Å². The molecule has 0 aliphatic carbocycles. The van der Waals surface area contributed by atoms with Crippen molar-refractivity contribution in [1.82, 2.24) is 5.32 Å². The van der Waals surface area contributed by atoms with Gasteiger partial charge < -0.3 is 5.32 Å². The maximum atomic E-state index is 3.46. The molecule has 0 aliphatic rings. The number of unbranched alkanes of at least 4 members (excludes halogenated alkanes) is 7. The molecule has 0 saturated heterocycles. The first-order chi connectivity index (χ1) is 6.77. The van der Waals surface area contributed by atoms with E-state index < -0.39 is 0 Å². The fourth-order valence-electron chi connectivity index (χ4n) is 1.65. The van der Waals surface area contributed by atoms with Crippen molar-refractivity contribution in [3.05, 3.63) is 0 Å². The standard InChI is InChI=1S/C13H29N.ClH/c1-4-5-6-7-8-9-10-11-12-14-13(2)3;/h13-14H,4-12H2,1-3H3;1H. The van der Waals surface area contributed by atoms with E-state index in [4.69, 9.17) is 0 Å². The highest BCUT2D eigenvalue weighted by Crippen LogP contribution is 2.07. The van der Waals surface area contributed by atoms with Crippen LogP contribution in [-0.4, -0.2) is 12.6 Å². The van der Waals surface area contributed by atoms with Crippen LogP contribution >= 0.6 is 12.4 Å². The molecule has 0 amide bonds. The highest BCUT2D eigenvalue weighted by molar-refractivity contribution is 5.85. The second-order valence-corrected chi connectivity index (χ2v) is 4.58. The van der Waals surface area contributed by atoms with E-state index in [1.54, 1.807) is 0 Å². The SMILES string of the molecule is CCCCCCCCCCNC(C)C.Cl.